The minimum Gasteiger partial charge on any atom is -0.380 e. The van der Waals surface area contributed by atoms with Crippen molar-refractivity contribution in [2.45, 2.75) is 19.4 Å². The Bertz CT molecular complexity index is 211. The van der Waals surface area contributed by atoms with Crippen LogP contribution in [0.1, 0.15) is 11.8 Å². The molecule has 0 aliphatic heterocycles. The average Bonchev–Trinajstić information content (AvgIpc) is 2.64. The molecule has 1 aromatic heterocycles. The monoisotopic (exact) mass is 199 g/mol. The summed E-state index contributed by atoms with van der Waals surface area (Å²) in [5.41, 5.74) is 0. The van der Waals surface area contributed by atoms with E-state index >= 15 is 0 Å². The molecule has 0 saturated heterocycles. The highest BCUT2D eigenvalue weighted by Gasteiger charge is 2.07. The maximum absolute atomic E-state index is 5.38. The van der Waals surface area contributed by atoms with Gasteiger partial charge in [0.15, 0.2) is 0 Å². The van der Waals surface area contributed by atoms with Gasteiger partial charge in [-0.1, -0.05) is 6.07 Å². The first-order valence-electron chi connectivity index (χ1n) is 4.64. The normalized spacial score (nSPS) is 13.1. The number of ether oxygens (including phenoxy) is 1. The van der Waals surface area contributed by atoms with Gasteiger partial charge in [-0.3, -0.25) is 0 Å². The van der Waals surface area contributed by atoms with Crippen LogP contribution in [-0.4, -0.2) is 26.3 Å². The first-order chi connectivity index (χ1) is 6.36. The lowest BCUT2D eigenvalue weighted by Crippen LogP contribution is -2.32. The predicted molar refractivity (Wildman–Crippen MR) is 57.4 cm³/mol. The second-order valence-corrected chi connectivity index (χ2v) is 3.96. The fourth-order valence-electron chi connectivity index (χ4n) is 1.18. The van der Waals surface area contributed by atoms with Crippen molar-refractivity contribution < 1.29 is 4.74 Å². The summed E-state index contributed by atoms with van der Waals surface area (Å²) in [5, 5.41) is 5.37. The van der Waals surface area contributed by atoms with Crippen LogP contribution in [0.2, 0.25) is 0 Å². The van der Waals surface area contributed by atoms with Crippen LogP contribution in [0.3, 0.4) is 0 Å². The third kappa shape index (κ3) is 3.89. The van der Waals surface area contributed by atoms with Crippen molar-refractivity contribution in [3.8, 4) is 0 Å². The number of likely N-dealkylation sites (N-methyl/N-ethyl adjacent to an activating group) is 1. The van der Waals surface area contributed by atoms with Crippen molar-refractivity contribution in [3.05, 3.63) is 22.4 Å². The molecule has 1 aromatic rings. The Kier molecular flexibility index (Phi) is 5.05. The van der Waals surface area contributed by atoms with Crippen molar-refractivity contribution in [3.63, 3.8) is 0 Å². The number of thiophene rings is 1. The smallest absolute Gasteiger partial charge is 0.0622 e. The van der Waals surface area contributed by atoms with E-state index in [0.29, 0.717) is 6.04 Å². The molecule has 1 rings (SSSR count). The van der Waals surface area contributed by atoms with E-state index in [1.165, 1.54) is 4.88 Å². The minimum absolute atomic E-state index is 0.443. The summed E-state index contributed by atoms with van der Waals surface area (Å²) < 4.78 is 5.38. The largest absolute Gasteiger partial charge is 0.380 e. The minimum atomic E-state index is 0.443. The van der Waals surface area contributed by atoms with Crippen LogP contribution in [0.5, 0.6) is 0 Å². The molecule has 0 aromatic carbocycles. The first-order valence-corrected chi connectivity index (χ1v) is 5.52. The zero-order chi connectivity index (χ0) is 9.52. The molecule has 0 fully saturated rings. The van der Waals surface area contributed by atoms with Crippen LogP contribution in [0.15, 0.2) is 17.5 Å². The van der Waals surface area contributed by atoms with E-state index in [1.807, 2.05) is 14.0 Å². The SMILES string of the molecule is CCOCC(Cc1cccs1)NC. The summed E-state index contributed by atoms with van der Waals surface area (Å²) in [5.74, 6) is 0. The summed E-state index contributed by atoms with van der Waals surface area (Å²) in [6.07, 6.45) is 1.06. The molecule has 0 aliphatic carbocycles. The highest BCUT2D eigenvalue weighted by Crippen LogP contribution is 2.11. The Balaban J connectivity index is 2.31. The third-order valence-electron chi connectivity index (χ3n) is 1.96. The second kappa shape index (κ2) is 6.13. The molecule has 0 aliphatic rings. The van der Waals surface area contributed by atoms with Gasteiger partial charge in [0.25, 0.3) is 0 Å². The van der Waals surface area contributed by atoms with E-state index in [1.54, 1.807) is 11.3 Å². The van der Waals surface area contributed by atoms with Crippen LogP contribution in [0.25, 0.3) is 0 Å². The highest BCUT2D eigenvalue weighted by molar-refractivity contribution is 7.09. The maximum Gasteiger partial charge on any atom is 0.0622 e. The summed E-state index contributed by atoms with van der Waals surface area (Å²) in [4.78, 5) is 1.42. The number of hydrogen-bond acceptors (Lipinski definition) is 3. The quantitative estimate of drug-likeness (QED) is 0.755. The predicted octanol–water partition coefficient (Wildman–Crippen LogP) is 1.92. The number of nitrogens with one attached hydrogen (secondary N) is 1. The molecule has 1 atom stereocenters. The van der Waals surface area contributed by atoms with Gasteiger partial charge in [0.2, 0.25) is 0 Å². The lowest BCUT2D eigenvalue weighted by atomic mass is 10.2. The molecule has 74 valence electrons. The van der Waals surface area contributed by atoms with E-state index in [-0.39, 0.29) is 0 Å². The lowest BCUT2D eigenvalue weighted by Gasteiger charge is -2.14. The van der Waals surface area contributed by atoms with Gasteiger partial charge in [0.1, 0.15) is 0 Å². The Morgan fingerprint density at radius 2 is 2.46 bits per heavy atom. The van der Waals surface area contributed by atoms with Gasteiger partial charge < -0.3 is 10.1 Å². The average molecular weight is 199 g/mol. The summed E-state index contributed by atoms with van der Waals surface area (Å²) in [6, 6.07) is 4.70. The Hall–Kier alpha value is -0.380. The number of rotatable bonds is 6. The molecular weight excluding hydrogens is 182 g/mol. The fourth-order valence-corrected chi connectivity index (χ4v) is 1.96. The van der Waals surface area contributed by atoms with Crippen molar-refractivity contribution in [2.75, 3.05) is 20.3 Å². The topological polar surface area (TPSA) is 21.3 Å². The molecule has 0 bridgehead atoms. The van der Waals surface area contributed by atoms with E-state index in [2.05, 4.69) is 22.8 Å². The number of hydrogen-bond donors (Lipinski definition) is 1. The fraction of sp³-hybridized carbons (Fsp3) is 0.600. The van der Waals surface area contributed by atoms with Gasteiger partial charge in [-0.25, -0.2) is 0 Å². The van der Waals surface area contributed by atoms with Crippen molar-refractivity contribution >= 4 is 11.3 Å². The van der Waals surface area contributed by atoms with Crippen molar-refractivity contribution in [2.24, 2.45) is 0 Å². The lowest BCUT2D eigenvalue weighted by molar-refractivity contribution is 0.125. The second-order valence-electron chi connectivity index (χ2n) is 2.93. The van der Waals surface area contributed by atoms with Gasteiger partial charge in [-0.05, 0) is 31.8 Å². The third-order valence-corrected chi connectivity index (χ3v) is 2.86. The molecule has 13 heavy (non-hydrogen) atoms. The molecule has 2 nitrogen and oxygen atoms in total. The Labute approximate surface area is 83.9 Å². The van der Waals surface area contributed by atoms with Gasteiger partial charge in [0.05, 0.1) is 6.61 Å². The van der Waals surface area contributed by atoms with Gasteiger partial charge in [0, 0.05) is 17.5 Å². The Morgan fingerprint density at radius 3 is 3.00 bits per heavy atom. The molecule has 1 unspecified atom stereocenters. The zero-order valence-electron chi connectivity index (χ0n) is 8.25. The van der Waals surface area contributed by atoms with E-state index in [4.69, 9.17) is 4.74 Å². The van der Waals surface area contributed by atoms with Gasteiger partial charge in [-0.15, -0.1) is 11.3 Å². The van der Waals surface area contributed by atoms with Gasteiger partial charge in [-0.2, -0.15) is 0 Å². The zero-order valence-corrected chi connectivity index (χ0v) is 9.06. The van der Waals surface area contributed by atoms with Gasteiger partial charge >= 0.3 is 0 Å². The van der Waals surface area contributed by atoms with Crippen LogP contribution < -0.4 is 5.32 Å². The molecule has 0 saturated carbocycles. The Morgan fingerprint density at radius 1 is 1.62 bits per heavy atom. The highest BCUT2D eigenvalue weighted by atomic mass is 32.1. The molecule has 1 N–H and O–H groups in total. The summed E-state index contributed by atoms with van der Waals surface area (Å²) in [6.45, 7) is 3.62. The van der Waals surface area contributed by atoms with Crippen molar-refractivity contribution in [1.82, 2.24) is 5.32 Å². The van der Waals surface area contributed by atoms with E-state index in [0.717, 1.165) is 19.6 Å². The van der Waals surface area contributed by atoms with E-state index < -0.39 is 0 Å². The van der Waals surface area contributed by atoms with E-state index in [9.17, 15) is 0 Å². The summed E-state index contributed by atoms with van der Waals surface area (Å²) >= 11 is 1.80. The van der Waals surface area contributed by atoms with Crippen LogP contribution in [0, 0.1) is 0 Å². The molecule has 0 spiro atoms. The molecule has 1 heterocycles. The van der Waals surface area contributed by atoms with Crippen molar-refractivity contribution in [1.29, 1.82) is 0 Å². The van der Waals surface area contributed by atoms with Crippen LogP contribution in [0.4, 0.5) is 0 Å². The van der Waals surface area contributed by atoms with Crippen LogP contribution >= 0.6 is 11.3 Å². The van der Waals surface area contributed by atoms with Crippen LogP contribution in [-0.2, 0) is 11.2 Å². The standard InChI is InChI=1S/C10H17NOS/c1-3-12-8-9(11-2)7-10-5-4-6-13-10/h4-6,9,11H,3,7-8H2,1-2H3. The molecule has 0 radical (unpaired) electrons. The maximum atomic E-state index is 5.38. The molecule has 0 amide bonds. The summed E-state index contributed by atoms with van der Waals surface area (Å²) in [7, 11) is 1.98. The first kappa shape index (κ1) is 10.7. The molecular formula is C10H17NOS. The molecule has 3 heteroatoms.